The smallest absolute Gasteiger partial charge is 0.230 e. The van der Waals surface area contributed by atoms with Gasteiger partial charge in [0, 0.05) is 0 Å². The minimum absolute atomic E-state index is 0.331. The highest BCUT2D eigenvalue weighted by atomic mass is 32.1. The lowest BCUT2D eigenvalue weighted by Gasteiger charge is -2.04. The summed E-state index contributed by atoms with van der Waals surface area (Å²) >= 11 is 1.63. The maximum Gasteiger partial charge on any atom is 0.230 e. The Morgan fingerprint density at radius 1 is 1.20 bits per heavy atom. The van der Waals surface area contributed by atoms with Crippen LogP contribution in [0.1, 0.15) is 5.56 Å². The monoisotopic (exact) mass is 286 g/mol. The molecule has 2 aromatic heterocycles. The number of thiophene rings is 1. The third-order valence-corrected chi connectivity index (χ3v) is 4.20. The number of nitrogens with zero attached hydrogens (tertiary/aromatic N) is 1. The number of hydrogen-bond donors (Lipinski definition) is 1. The Morgan fingerprint density at radius 2 is 1.95 bits per heavy atom. The molecule has 0 radical (unpaired) electrons. The number of hydrogen-bond acceptors (Lipinski definition) is 5. The van der Waals surface area contributed by atoms with Gasteiger partial charge in [-0.3, -0.25) is 0 Å². The fraction of sp³-hybridized carbons (Fsp3) is 0.133. The number of benzene rings is 1. The van der Waals surface area contributed by atoms with Gasteiger partial charge in [0.25, 0.3) is 0 Å². The number of nitrogen functional groups attached to an aromatic ring is 1. The molecule has 20 heavy (non-hydrogen) atoms. The summed E-state index contributed by atoms with van der Waals surface area (Å²) in [5, 5.41) is 6.15. The third kappa shape index (κ3) is 2.06. The van der Waals surface area contributed by atoms with Crippen molar-refractivity contribution in [1.82, 2.24) is 5.16 Å². The molecule has 0 unspecified atom stereocenters. The largest absolute Gasteiger partial charge is 0.497 e. The lowest BCUT2D eigenvalue weighted by atomic mass is 10.0. The van der Waals surface area contributed by atoms with Crippen molar-refractivity contribution in [2.24, 2.45) is 0 Å². The molecule has 0 spiro atoms. The molecule has 0 atom stereocenters. The van der Waals surface area contributed by atoms with Crippen LogP contribution in [0.3, 0.4) is 0 Å². The van der Waals surface area contributed by atoms with E-state index < -0.39 is 0 Å². The zero-order valence-electron chi connectivity index (χ0n) is 11.2. The van der Waals surface area contributed by atoms with E-state index in [0.29, 0.717) is 5.88 Å². The van der Waals surface area contributed by atoms with Crippen LogP contribution < -0.4 is 10.5 Å². The number of aromatic nitrogens is 1. The molecule has 0 aliphatic heterocycles. The number of rotatable bonds is 3. The maximum atomic E-state index is 5.94. The summed E-state index contributed by atoms with van der Waals surface area (Å²) < 4.78 is 10.4. The molecular formula is C15H14N2O2S. The molecule has 3 rings (SSSR count). The summed E-state index contributed by atoms with van der Waals surface area (Å²) in [6.07, 6.45) is 0. The van der Waals surface area contributed by atoms with Crippen LogP contribution in [0.5, 0.6) is 5.75 Å². The summed E-state index contributed by atoms with van der Waals surface area (Å²) in [5.41, 5.74) is 9.70. The van der Waals surface area contributed by atoms with Crippen molar-refractivity contribution in [2.45, 2.75) is 6.92 Å². The average Bonchev–Trinajstić information content (AvgIpc) is 3.05. The Hall–Kier alpha value is -2.27. The molecule has 0 bridgehead atoms. The van der Waals surface area contributed by atoms with Gasteiger partial charge in [-0.1, -0.05) is 17.3 Å². The van der Waals surface area contributed by atoms with E-state index in [2.05, 4.69) is 18.1 Å². The first-order valence-corrected chi connectivity index (χ1v) is 7.02. The van der Waals surface area contributed by atoms with Crippen LogP contribution in [0.15, 0.2) is 40.2 Å². The van der Waals surface area contributed by atoms with Crippen molar-refractivity contribution in [3.63, 3.8) is 0 Å². The number of ether oxygens (including phenoxy) is 1. The normalized spacial score (nSPS) is 10.7. The fourth-order valence-electron chi connectivity index (χ4n) is 2.11. The minimum Gasteiger partial charge on any atom is -0.497 e. The Bertz CT molecular complexity index is 729. The molecule has 1 aromatic carbocycles. The van der Waals surface area contributed by atoms with Crippen LogP contribution in [0.2, 0.25) is 0 Å². The molecule has 0 aliphatic rings. The van der Waals surface area contributed by atoms with Crippen molar-refractivity contribution in [2.75, 3.05) is 12.8 Å². The van der Waals surface area contributed by atoms with Gasteiger partial charge in [0.2, 0.25) is 5.88 Å². The van der Waals surface area contributed by atoms with Crippen LogP contribution in [0.25, 0.3) is 21.7 Å². The molecule has 0 saturated heterocycles. The first-order chi connectivity index (χ1) is 9.70. The second kappa shape index (κ2) is 5.02. The van der Waals surface area contributed by atoms with E-state index in [1.807, 2.05) is 29.6 Å². The molecule has 0 amide bonds. The Kier molecular flexibility index (Phi) is 3.20. The SMILES string of the molecule is COc1ccc(-c2c(-c3sccc3C)noc2N)cc1. The number of anilines is 1. The molecule has 102 valence electrons. The summed E-state index contributed by atoms with van der Waals surface area (Å²) in [6.45, 7) is 2.05. The zero-order chi connectivity index (χ0) is 14.1. The van der Waals surface area contributed by atoms with E-state index in [0.717, 1.165) is 33.0 Å². The van der Waals surface area contributed by atoms with Crippen LogP contribution in [0.4, 0.5) is 5.88 Å². The van der Waals surface area contributed by atoms with Crippen LogP contribution in [-0.2, 0) is 0 Å². The van der Waals surface area contributed by atoms with Gasteiger partial charge in [0.1, 0.15) is 11.4 Å². The quantitative estimate of drug-likeness (QED) is 0.791. The molecule has 5 heteroatoms. The lowest BCUT2D eigenvalue weighted by Crippen LogP contribution is -1.88. The number of nitrogens with two attached hydrogens (primary N) is 1. The molecule has 3 aromatic rings. The summed E-state index contributed by atoms with van der Waals surface area (Å²) in [6, 6.07) is 9.75. The van der Waals surface area contributed by atoms with E-state index in [9.17, 15) is 0 Å². The van der Waals surface area contributed by atoms with Crippen molar-refractivity contribution in [3.8, 4) is 27.4 Å². The Balaban J connectivity index is 2.13. The van der Waals surface area contributed by atoms with Crippen molar-refractivity contribution in [1.29, 1.82) is 0 Å². The van der Waals surface area contributed by atoms with E-state index >= 15 is 0 Å². The van der Waals surface area contributed by atoms with Gasteiger partial charge in [0.15, 0.2) is 0 Å². The average molecular weight is 286 g/mol. The molecule has 0 saturated carbocycles. The van der Waals surface area contributed by atoms with Gasteiger partial charge >= 0.3 is 0 Å². The van der Waals surface area contributed by atoms with Gasteiger partial charge in [0.05, 0.1) is 17.6 Å². The summed E-state index contributed by atoms with van der Waals surface area (Å²) in [4.78, 5) is 1.08. The first-order valence-electron chi connectivity index (χ1n) is 6.14. The molecule has 0 aliphatic carbocycles. The highest BCUT2D eigenvalue weighted by Gasteiger charge is 2.19. The van der Waals surface area contributed by atoms with E-state index in [4.69, 9.17) is 15.0 Å². The standard InChI is InChI=1S/C15H14N2O2S/c1-9-7-8-20-14(9)13-12(15(16)19-17-13)10-3-5-11(18-2)6-4-10/h3-8H,16H2,1-2H3. The third-order valence-electron chi connectivity index (χ3n) is 3.17. The van der Waals surface area contributed by atoms with Crippen molar-refractivity contribution < 1.29 is 9.26 Å². The Labute approximate surface area is 120 Å². The Morgan fingerprint density at radius 3 is 2.55 bits per heavy atom. The second-order valence-corrected chi connectivity index (χ2v) is 5.35. The molecular weight excluding hydrogens is 272 g/mol. The van der Waals surface area contributed by atoms with E-state index in [1.54, 1.807) is 18.4 Å². The fourth-order valence-corrected chi connectivity index (χ4v) is 3.02. The summed E-state index contributed by atoms with van der Waals surface area (Å²) in [5.74, 6) is 1.13. The van der Waals surface area contributed by atoms with Crippen LogP contribution in [0, 0.1) is 6.92 Å². The van der Waals surface area contributed by atoms with E-state index in [-0.39, 0.29) is 0 Å². The predicted octanol–water partition coefficient (Wildman–Crippen LogP) is 3.97. The molecule has 2 heterocycles. The van der Waals surface area contributed by atoms with Crippen LogP contribution in [-0.4, -0.2) is 12.3 Å². The molecule has 4 nitrogen and oxygen atoms in total. The topological polar surface area (TPSA) is 61.3 Å². The van der Waals surface area contributed by atoms with Crippen molar-refractivity contribution >= 4 is 17.2 Å². The maximum absolute atomic E-state index is 5.94. The lowest BCUT2D eigenvalue weighted by molar-refractivity contribution is 0.415. The minimum atomic E-state index is 0.331. The van der Waals surface area contributed by atoms with Gasteiger partial charge in [-0.15, -0.1) is 11.3 Å². The molecule has 2 N–H and O–H groups in total. The predicted molar refractivity (Wildman–Crippen MR) is 81.0 cm³/mol. The molecule has 0 fully saturated rings. The van der Waals surface area contributed by atoms with Gasteiger partial charge < -0.3 is 15.0 Å². The van der Waals surface area contributed by atoms with Crippen LogP contribution >= 0.6 is 11.3 Å². The van der Waals surface area contributed by atoms with Gasteiger partial charge in [-0.2, -0.15) is 0 Å². The highest BCUT2D eigenvalue weighted by molar-refractivity contribution is 7.13. The van der Waals surface area contributed by atoms with Gasteiger partial charge in [-0.25, -0.2) is 0 Å². The number of methoxy groups -OCH3 is 1. The highest BCUT2D eigenvalue weighted by Crippen LogP contribution is 2.39. The zero-order valence-corrected chi connectivity index (χ0v) is 12.0. The first kappa shape index (κ1) is 12.7. The number of aryl methyl sites for hydroxylation is 1. The van der Waals surface area contributed by atoms with Gasteiger partial charge in [-0.05, 0) is 41.6 Å². The summed E-state index contributed by atoms with van der Waals surface area (Å²) in [7, 11) is 1.64. The van der Waals surface area contributed by atoms with Crippen molar-refractivity contribution in [3.05, 3.63) is 41.3 Å². The second-order valence-electron chi connectivity index (χ2n) is 4.43. The van der Waals surface area contributed by atoms with E-state index in [1.165, 1.54) is 0 Å².